The Morgan fingerprint density at radius 3 is 2.86 bits per heavy atom. The number of benzene rings is 1. The number of nitrogens with one attached hydrogen (secondary N) is 1. The summed E-state index contributed by atoms with van der Waals surface area (Å²) in [5.41, 5.74) is 2.94. The zero-order valence-electron chi connectivity index (χ0n) is 13.6. The molecule has 0 amide bonds. The van der Waals surface area contributed by atoms with Crippen LogP contribution in [0.4, 0.5) is 0 Å². The van der Waals surface area contributed by atoms with E-state index >= 15 is 0 Å². The normalized spacial score (nSPS) is 29.4. The fourth-order valence-electron chi connectivity index (χ4n) is 4.17. The van der Waals surface area contributed by atoms with Crippen LogP contribution in [-0.2, 0) is 6.42 Å². The smallest absolute Gasteiger partial charge is 0.119 e. The average Bonchev–Trinajstić information content (AvgIpc) is 2.93. The van der Waals surface area contributed by atoms with Gasteiger partial charge in [0, 0.05) is 18.1 Å². The molecule has 1 saturated heterocycles. The van der Waals surface area contributed by atoms with Gasteiger partial charge in [-0.25, -0.2) is 0 Å². The predicted octanol–water partition coefficient (Wildman–Crippen LogP) is 3.14. The van der Waals surface area contributed by atoms with Crippen molar-refractivity contribution in [3.63, 3.8) is 0 Å². The number of fused-ring (bicyclic) bond motifs is 1. The molecule has 0 radical (unpaired) electrons. The van der Waals surface area contributed by atoms with Gasteiger partial charge in [-0.2, -0.15) is 0 Å². The number of nitrogens with zero attached hydrogens (tertiary/aromatic N) is 1. The minimum absolute atomic E-state index is 0.439. The molecule has 1 aromatic rings. The van der Waals surface area contributed by atoms with Crippen molar-refractivity contribution in [1.29, 1.82) is 0 Å². The van der Waals surface area contributed by atoms with E-state index in [9.17, 15) is 0 Å². The number of hydrogen-bond donors (Lipinski definition) is 1. The third-order valence-electron chi connectivity index (χ3n) is 5.24. The Morgan fingerprint density at radius 1 is 1.33 bits per heavy atom. The molecule has 3 unspecified atom stereocenters. The van der Waals surface area contributed by atoms with Crippen molar-refractivity contribution in [3.8, 4) is 5.75 Å². The highest BCUT2D eigenvalue weighted by molar-refractivity contribution is 5.40. The lowest BCUT2D eigenvalue weighted by Gasteiger charge is -2.41. The highest BCUT2D eigenvalue weighted by atomic mass is 16.5. The number of hydrogen-bond acceptors (Lipinski definition) is 3. The van der Waals surface area contributed by atoms with Crippen LogP contribution in [-0.4, -0.2) is 37.2 Å². The summed E-state index contributed by atoms with van der Waals surface area (Å²) in [4.78, 5) is 2.73. The summed E-state index contributed by atoms with van der Waals surface area (Å²) in [7, 11) is 1.76. The maximum Gasteiger partial charge on any atom is 0.119 e. The molecule has 21 heavy (non-hydrogen) atoms. The van der Waals surface area contributed by atoms with Crippen molar-refractivity contribution in [2.24, 2.45) is 0 Å². The van der Waals surface area contributed by atoms with Crippen molar-refractivity contribution >= 4 is 0 Å². The van der Waals surface area contributed by atoms with Crippen molar-refractivity contribution < 1.29 is 4.74 Å². The third kappa shape index (κ3) is 2.82. The summed E-state index contributed by atoms with van der Waals surface area (Å²) in [6.45, 7) is 6.86. The highest BCUT2D eigenvalue weighted by Gasteiger charge is 2.36. The number of likely N-dealkylation sites (N-methyl/N-ethyl adjacent to an activating group) is 1. The van der Waals surface area contributed by atoms with E-state index in [-0.39, 0.29) is 0 Å². The molecule has 0 saturated carbocycles. The van der Waals surface area contributed by atoms with E-state index in [0.717, 1.165) is 18.3 Å². The minimum Gasteiger partial charge on any atom is -0.497 e. The lowest BCUT2D eigenvalue weighted by molar-refractivity contribution is 0.135. The molecule has 1 aliphatic heterocycles. The van der Waals surface area contributed by atoms with Gasteiger partial charge in [-0.05, 0) is 69.0 Å². The summed E-state index contributed by atoms with van der Waals surface area (Å²) >= 11 is 0. The number of likely N-dealkylation sites (tertiary alicyclic amines) is 1. The second-order valence-electron chi connectivity index (χ2n) is 6.44. The van der Waals surface area contributed by atoms with E-state index in [2.05, 4.69) is 42.3 Å². The Labute approximate surface area is 128 Å². The van der Waals surface area contributed by atoms with Crippen LogP contribution in [0, 0.1) is 0 Å². The maximum absolute atomic E-state index is 5.45. The van der Waals surface area contributed by atoms with Gasteiger partial charge in [-0.15, -0.1) is 0 Å². The number of methoxy groups -OCH3 is 1. The largest absolute Gasteiger partial charge is 0.497 e. The van der Waals surface area contributed by atoms with Gasteiger partial charge in [-0.1, -0.05) is 13.0 Å². The van der Waals surface area contributed by atoms with Gasteiger partial charge in [0.05, 0.1) is 7.11 Å². The fourth-order valence-corrected chi connectivity index (χ4v) is 4.17. The molecule has 3 heteroatoms. The molecule has 3 nitrogen and oxygen atoms in total. The predicted molar refractivity (Wildman–Crippen MR) is 86.9 cm³/mol. The highest BCUT2D eigenvalue weighted by Crippen LogP contribution is 2.37. The number of aryl methyl sites for hydroxylation is 1. The standard InChI is InChI=1S/C18H28N2O/c1-4-19-18-16-12-15(21-3)9-7-14(16)8-10-17(18)20-11-5-6-13(20)2/h7,9,12-13,17-19H,4-6,8,10-11H2,1-3H3. The molecule has 1 fully saturated rings. The first-order valence-corrected chi connectivity index (χ1v) is 8.40. The van der Waals surface area contributed by atoms with Gasteiger partial charge in [-0.3, -0.25) is 4.90 Å². The van der Waals surface area contributed by atoms with Crippen LogP contribution in [0.15, 0.2) is 18.2 Å². The first-order chi connectivity index (χ1) is 10.2. The van der Waals surface area contributed by atoms with Crippen molar-refractivity contribution in [1.82, 2.24) is 10.2 Å². The van der Waals surface area contributed by atoms with Crippen molar-refractivity contribution in [2.75, 3.05) is 20.2 Å². The van der Waals surface area contributed by atoms with E-state index in [1.165, 1.54) is 43.4 Å². The monoisotopic (exact) mass is 288 g/mol. The molecule has 0 spiro atoms. The SMILES string of the molecule is CCNC1c2cc(OC)ccc2CCC1N1CCCC1C. The van der Waals surface area contributed by atoms with Gasteiger partial charge in [0.2, 0.25) is 0 Å². The first kappa shape index (κ1) is 14.9. The molecule has 3 atom stereocenters. The molecule has 3 rings (SSSR count). The molecule has 0 bridgehead atoms. The quantitative estimate of drug-likeness (QED) is 0.921. The van der Waals surface area contributed by atoms with Crippen molar-refractivity contribution in [3.05, 3.63) is 29.3 Å². The number of ether oxygens (including phenoxy) is 1. The van der Waals surface area contributed by atoms with Crippen LogP contribution in [0.5, 0.6) is 5.75 Å². The lowest BCUT2D eigenvalue weighted by atomic mass is 9.82. The van der Waals surface area contributed by atoms with E-state index in [1.54, 1.807) is 7.11 Å². The van der Waals surface area contributed by atoms with Gasteiger partial charge in [0.15, 0.2) is 0 Å². The lowest BCUT2D eigenvalue weighted by Crippen LogP contribution is -2.48. The summed E-state index contributed by atoms with van der Waals surface area (Å²) in [5.74, 6) is 0.978. The van der Waals surface area contributed by atoms with Crippen LogP contribution in [0.25, 0.3) is 0 Å². The molecule has 1 aromatic carbocycles. The van der Waals surface area contributed by atoms with Gasteiger partial charge >= 0.3 is 0 Å². The molecule has 2 aliphatic rings. The average molecular weight is 288 g/mol. The summed E-state index contributed by atoms with van der Waals surface area (Å²) in [6.07, 6.45) is 5.15. The zero-order valence-corrected chi connectivity index (χ0v) is 13.6. The second kappa shape index (κ2) is 6.37. The van der Waals surface area contributed by atoms with Crippen LogP contribution in [0.1, 0.15) is 50.3 Å². The summed E-state index contributed by atoms with van der Waals surface area (Å²) < 4.78 is 5.45. The Bertz CT molecular complexity index is 488. The Hall–Kier alpha value is -1.06. The maximum atomic E-state index is 5.45. The third-order valence-corrected chi connectivity index (χ3v) is 5.24. The molecule has 116 valence electrons. The Morgan fingerprint density at radius 2 is 2.19 bits per heavy atom. The minimum atomic E-state index is 0.439. The van der Waals surface area contributed by atoms with Crippen LogP contribution in [0.2, 0.25) is 0 Å². The molecule has 1 aliphatic carbocycles. The molecule has 0 aromatic heterocycles. The van der Waals surface area contributed by atoms with E-state index in [1.807, 2.05) is 0 Å². The van der Waals surface area contributed by atoms with Gasteiger partial charge in [0.25, 0.3) is 0 Å². The van der Waals surface area contributed by atoms with Crippen LogP contribution < -0.4 is 10.1 Å². The number of rotatable bonds is 4. The topological polar surface area (TPSA) is 24.5 Å². The molecule has 1 N–H and O–H groups in total. The van der Waals surface area contributed by atoms with Crippen LogP contribution in [0.3, 0.4) is 0 Å². The van der Waals surface area contributed by atoms with Crippen molar-refractivity contribution in [2.45, 2.75) is 57.7 Å². The Kier molecular flexibility index (Phi) is 4.51. The fraction of sp³-hybridized carbons (Fsp3) is 0.667. The van der Waals surface area contributed by atoms with Gasteiger partial charge < -0.3 is 10.1 Å². The summed E-state index contributed by atoms with van der Waals surface area (Å²) in [6, 6.07) is 8.39. The van der Waals surface area contributed by atoms with Gasteiger partial charge in [0.1, 0.15) is 5.75 Å². The Balaban J connectivity index is 1.92. The van der Waals surface area contributed by atoms with E-state index < -0.39 is 0 Å². The zero-order chi connectivity index (χ0) is 14.8. The van der Waals surface area contributed by atoms with Crippen LogP contribution >= 0.6 is 0 Å². The first-order valence-electron chi connectivity index (χ1n) is 8.40. The summed E-state index contributed by atoms with van der Waals surface area (Å²) in [5, 5.41) is 3.74. The van der Waals surface area contributed by atoms with E-state index in [4.69, 9.17) is 4.74 Å². The van der Waals surface area contributed by atoms with E-state index in [0.29, 0.717) is 12.1 Å². The molecule has 1 heterocycles. The molecular formula is C18H28N2O. The second-order valence-corrected chi connectivity index (χ2v) is 6.44. The molecular weight excluding hydrogens is 260 g/mol.